The molecule has 1 aromatic carbocycles. The highest BCUT2D eigenvalue weighted by Crippen LogP contribution is 2.29. The normalized spacial score (nSPS) is 14.7. The Bertz CT molecular complexity index is 930. The summed E-state index contributed by atoms with van der Waals surface area (Å²) in [6.45, 7) is 6.73. The van der Waals surface area contributed by atoms with Gasteiger partial charge in [-0.25, -0.2) is 5.43 Å². The zero-order valence-electron chi connectivity index (χ0n) is 17.0. The number of fused-ring (bicyclic) bond motifs is 1. The van der Waals surface area contributed by atoms with Crippen molar-refractivity contribution in [2.24, 2.45) is 11.0 Å². The number of nitrogens with zero attached hydrogens (tertiary/aromatic N) is 1. The van der Waals surface area contributed by atoms with Crippen molar-refractivity contribution in [3.05, 3.63) is 56.9 Å². The number of furan rings is 1. The van der Waals surface area contributed by atoms with Crippen molar-refractivity contribution in [1.29, 1.82) is 0 Å². The van der Waals surface area contributed by atoms with Gasteiger partial charge in [-0.1, -0.05) is 29.8 Å². The lowest BCUT2D eigenvalue weighted by molar-refractivity contribution is 0.0920. The predicted octanol–water partition coefficient (Wildman–Crippen LogP) is 4.60. The van der Waals surface area contributed by atoms with Crippen LogP contribution in [0.5, 0.6) is 0 Å². The van der Waals surface area contributed by atoms with Gasteiger partial charge in [-0.05, 0) is 56.4 Å². The van der Waals surface area contributed by atoms with E-state index >= 15 is 0 Å². The molecule has 0 fully saturated rings. The third kappa shape index (κ3) is 5.15. The second kappa shape index (κ2) is 9.39. The molecule has 0 radical (unpaired) electrons. The van der Waals surface area contributed by atoms with Gasteiger partial charge in [0, 0.05) is 34.1 Å². The van der Waals surface area contributed by atoms with Gasteiger partial charge < -0.3 is 9.73 Å². The molecule has 3 rings (SSSR count). The van der Waals surface area contributed by atoms with Crippen LogP contribution in [0.1, 0.15) is 70.9 Å². The molecule has 0 bridgehead atoms. The van der Waals surface area contributed by atoms with Crippen LogP contribution in [0, 0.1) is 12.8 Å². The number of amides is 2. The van der Waals surface area contributed by atoms with Crippen molar-refractivity contribution in [2.45, 2.75) is 46.5 Å². The van der Waals surface area contributed by atoms with Crippen LogP contribution >= 0.6 is 15.9 Å². The number of carbonyl (C=O) groups is 2. The Morgan fingerprint density at radius 3 is 2.59 bits per heavy atom. The van der Waals surface area contributed by atoms with E-state index in [4.69, 9.17) is 4.42 Å². The van der Waals surface area contributed by atoms with Crippen LogP contribution in [-0.4, -0.2) is 24.1 Å². The second-order valence-corrected chi connectivity index (χ2v) is 8.57. The molecule has 2 aromatic rings. The molecular formula is C22H26BrN3O3. The highest BCUT2D eigenvalue weighted by atomic mass is 79.9. The fourth-order valence-electron chi connectivity index (χ4n) is 3.34. The van der Waals surface area contributed by atoms with Crippen LogP contribution in [0.15, 0.2) is 38.3 Å². The standard InChI is InChI=1S/C22H26BrN3O3/c1-13(2)11-12-24-22(28)20-14(3)19-17(5-4-6-18(19)29-20)25-26-21(27)15-7-9-16(23)10-8-15/h7-10,13H,4-6,11-12H2,1-3H3,(H,24,28)(H,26,27)/b25-17+. The SMILES string of the molecule is Cc1c(C(=O)NCCC(C)C)oc2c1/C(=N/NC(=O)c1ccc(Br)cc1)CCC2. The largest absolute Gasteiger partial charge is 0.455 e. The molecule has 0 atom stereocenters. The molecule has 2 amide bonds. The number of aryl methyl sites for hydroxylation is 1. The molecule has 0 saturated heterocycles. The third-order valence-electron chi connectivity index (χ3n) is 4.94. The molecule has 1 heterocycles. The number of hydrazone groups is 1. The molecule has 0 spiro atoms. The average molecular weight is 460 g/mol. The summed E-state index contributed by atoms with van der Waals surface area (Å²) < 4.78 is 6.79. The van der Waals surface area contributed by atoms with Crippen molar-refractivity contribution in [3.63, 3.8) is 0 Å². The fraction of sp³-hybridized carbons (Fsp3) is 0.409. The van der Waals surface area contributed by atoms with Crippen LogP contribution in [0.3, 0.4) is 0 Å². The Labute approximate surface area is 179 Å². The van der Waals surface area contributed by atoms with Gasteiger partial charge in [0.2, 0.25) is 0 Å². The Morgan fingerprint density at radius 1 is 1.17 bits per heavy atom. The molecule has 0 unspecified atom stereocenters. The molecule has 29 heavy (non-hydrogen) atoms. The van der Waals surface area contributed by atoms with Crippen LogP contribution in [0.4, 0.5) is 0 Å². The van der Waals surface area contributed by atoms with Crippen molar-refractivity contribution in [2.75, 3.05) is 6.54 Å². The van der Waals surface area contributed by atoms with Gasteiger partial charge in [-0.2, -0.15) is 5.10 Å². The van der Waals surface area contributed by atoms with Gasteiger partial charge >= 0.3 is 0 Å². The zero-order valence-corrected chi connectivity index (χ0v) is 18.6. The first kappa shape index (κ1) is 21.3. The molecule has 6 nitrogen and oxygen atoms in total. The summed E-state index contributed by atoms with van der Waals surface area (Å²) in [5, 5.41) is 7.28. The minimum Gasteiger partial charge on any atom is -0.455 e. The van der Waals surface area contributed by atoms with Crippen LogP contribution in [0.2, 0.25) is 0 Å². The van der Waals surface area contributed by atoms with Crippen LogP contribution in [-0.2, 0) is 6.42 Å². The van der Waals surface area contributed by atoms with E-state index in [1.165, 1.54) is 0 Å². The number of rotatable bonds is 6. The lowest BCUT2D eigenvalue weighted by Crippen LogP contribution is -2.25. The summed E-state index contributed by atoms with van der Waals surface area (Å²) in [7, 11) is 0. The number of hydrogen-bond donors (Lipinski definition) is 2. The topological polar surface area (TPSA) is 83.7 Å². The zero-order chi connectivity index (χ0) is 21.0. The Hall–Kier alpha value is -2.41. The second-order valence-electron chi connectivity index (χ2n) is 7.65. The highest BCUT2D eigenvalue weighted by Gasteiger charge is 2.28. The van der Waals surface area contributed by atoms with Gasteiger partial charge in [0.25, 0.3) is 11.8 Å². The van der Waals surface area contributed by atoms with Crippen molar-refractivity contribution < 1.29 is 14.0 Å². The van der Waals surface area contributed by atoms with Gasteiger partial charge in [0.1, 0.15) is 5.76 Å². The number of hydrogen-bond acceptors (Lipinski definition) is 4. The first-order valence-corrected chi connectivity index (χ1v) is 10.7. The van der Waals surface area contributed by atoms with Gasteiger partial charge in [-0.3, -0.25) is 9.59 Å². The van der Waals surface area contributed by atoms with E-state index in [0.29, 0.717) is 23.8 Å². The molecule has 1 aliphatic carbocycles. The average Bonchev–Trinajstić information content (AvgIpc) is 3.03. The maximum Gasteiger partial charge on any atom is 0.287 e. The number of benzene rings is 1. The summed E-state index contributed by atoms with van der Waals surface area (Å²) >= 11 is 3.36. The molecule has 0 saturated carbocycles. The Balaban J connectivity index is 1.76. The molecule has 1 aromatic heterocycles. The van der Waals surface area contributed by atoms with E-state index in [-0.39, 0.29) is 11.8 Å². The van der Waals surface area contributed by atoms with E-state index in [9.17, 15) is 9.59 Å². The van der Waals surface area contributed by atoms with Gasteiger partial charge in [-0.15, -0.1) is 0 Å². The van der Waals surface area contributed by atoms with Crippen molar-refractivity contribution in [3.8, 4) is 0 Å². The molecule has 2 N–H and O–H groups in total. The first-order valence-electron chi connectivity index (χ1n) is 9.90. The van der Waals surface area contributed by atoms with E-state index in [1.807, 2.05) is 19.1 Å². The monoisotopic (exact) mass is 459 g/mol. The quantitative estimate of drug-likeness (QED) is 0.619. The first-order chi connectivity index (χ1) is 13.9. The summed E-state index contributed by atoms with van der Waals surface area (Å²) in [6.07, 6.45) is 3.26. The molecule has 0 aliphatic heterocycles. The molecule has 1 aliphatic rings. The van der Waals surface area contributed by atoms with E-state index < -0.39 is 0 Å². The Kier molecular flexibility index (Phi) is 6.90. The van der Waals surface area contributed by atoms with Gasteiger partial charge in [0.05, 0.1) is 5.71 Å². The van der Waals surface area contributed by atoms with Crippen molar-refractivity contribution >= 4 is 33.5 Å². The molecule has 154 valence electrons. The minimum atomic E-state index is -0.273. The number of carbonyl (C=O) groups excluding carboxylic acids is 2. The summed E-state index contributed by atoms with van der Waals surface area (Å²) in [5.41, 5.74) is 5.54. The maximum absolute atomic E-state index is 12.5. The van der Waals surface area contributed by atoms with Crippen molar-refractivity contribution in [1.82, 2.24) is 10.7 Å². The Morgan fingerprint density at radius 2 is 1.90 bits per heavy atom. The lowest BCUT2D eigenvalue weighted by atomic mass is 9.93. The van der Waals surface area contributed by atoms with E-state index in [1.54, 1.807) is 12.1 Å². The number of halogens is 1. The summed E-state index contributed by atoms with van der Waals surface area (Å²) in [5.74, 6) is 1.15. The lowest BCUT2D eigenvalue weighted by Gasteiger charge is -2.13. The van der Waals surface area contributed by atoms with Crippen LogP contribution in [0.25, 0.3) is 0 Å². The van der Waals surface area contributed by atoms with E-state index in [2.05, 4.69) is 45.6 Å². The predicted molar refractivity (Wildman–Crippen MR) is 116 cm³/mol. The summed E-state index contributed by atoms with van der Waals surface area (Å²) in [6, 6.07) is 7.08. The maximum atomic E-state index is 12.5. The number of nitrogens with one attached hydrogen (secondary N) is 2. The smallest absolute Gasteiger partial charge is 0.287 e. The summed E-state index contributed by atoms with van der Waals surface area (Å²) in [4.78, 5) is 24.9. The highest BCUT2D eigenvalue weighted by molar-refractivity contribution is 9.10. The fourth-order valence-corrected chi connectivity index (χ4v) is 3.60. The molecule has 7 heteroatoms. The van der Waals surface area contributed by atoms with Gasteiger partial charge in [0.15, 0.2) is 5.76 Å². The molecular weight excluding hydrogens is 434 g/mol. The minimum absolute atomic E-state index is 0.198. The van der Waals surface area contributed by atoms with E-state index in [0.717, 1.165) is 52.8 Å². The van der Waals surface area contributed by atoms with Crippen LogP contribution < -0.4 is 10.7 Å². The third-order valence-corrected chi connectivity index (χ3v) is 5.47.